The van der Waals surface area contributed by atoms with Crippen LogP contribution in [-0.2, 0) is 4.79 Å². The van der Waals surface area contributed by atoms with Crippen molar-refractivity contribution in [3.63, 3.8) is 0 Å². The van der Waals surface area contributed by atoms with Gasteiger partial charge in [0, 0.05) is 23.6 Å². The molecule has 0 spiro atoms. The molecule has 7 heteroatoms. The first-order valence-electron chi connectivity index (χ1n) is 9.28. The van der Waals surface area contributed by atoms with E-state index in [1.165, 1.54) is 0 Å². The van der Waals surface area contributed by atoms with Crippen LogP contribution in [0.2, 0.25) is 0 Å². The van der Waals surface area contributed by atoms with Crippen molar-refractivity contribution in [1.82, 2.24) is 14.8 Å². The predicted molar refractivity (Wildman–Crippen MR) is 102 cm³/mol. The van der Waals surface area contributed by atoms with Gasteiger partial charge in [0.2, 0.25) is 5.95 Å². The molecule has 2 unspecified atom stereocenters. The number of ether oxygens (including phenoxy) is 1. The summed E-state index contributed by atoms with van der Waals surface area (Å²) < 4.78 is 12.8. The standard InChI is InChI=1S/C21H20N4O3/c1-12-22-21-23-16-10-14(18-7-4-8-28-18)11-17(26)19(16)20(25(21)24-12)13-5-3-6-15(9-13)27-2/h3-9,14,20H,10-11H2,1-2H3,(H,22,23,24). The number of fused-ring (bicyclic) bond motifs is 1. The van der Waals surface area contributed by atoms with Gasteiger partial charge < -0.3 is 14.5 Å². The Kier molecular flexibility index (Phi) is 3.82. The zero-order valence-electron chi connectivity index (χ0n) is 15.7. The van der Waals surface area contributed by atoms with Crippen LogP contribution in [0.5, 0.6) is 5.75 Å². The molecule has 1 aliphatic carbocycles. The summed E-state index contributed by atoms with van der Waals surface area (Å²) in [6, 6.07) is 11.2. The van der Waals surface area contributed by atoms with E-state index >= 15 is 0 Å². The van der Waals surface area contributed by atoms with Gasteiger partial charge in [0.1, 0.15) is 23.4 Å². The molecule has 1 N–H and O–H groups in total. The van der Waals surface area contributed by atoms with Crippen LogP contribution in [0.15, 0.2) is 58.3 Å². The first-order valence-corrected chi connectivity index (χ1v) is 9.28. The van der Waals surface area contributed by atoms with Crippen LogP contribution in [0, 0.1) is 6.92 Å². The van der Waals surface area contributed by atoms with E-state index in [2.05, 4.69) is 15.4 Å². The number of carbonyl (C=O) groups excluding carboxylic acids is 1. The fourth-order valence-electron chi connectivity index (χ4n) is 4.16. The van der Waals surface area contributed by atoms with E-state index < -0.39 is 0 Å². The number of Topliss-reactive ketones (excluding diaryl/α,β-unsaturated/α-hetero) is 1. The van der Waals surface area contributed by atoms with Gasteiger partial charge in [-0.3, -0.25) is 4.79 Å². The molecule has 0 saturated heterocycles. The van der Waals surface area contributed by atoms with E-state index in [1.54, 1.807) is 18.1 Å². The highest BCUT2D eigenvalue weighted by molar-refractivity contribution is 6.00. The minimum absolute atomic E-state index is 0.0234. The summed E-state index contributed by atoms with van der Waals surface area (Å²) in [6.45, 7) is 1.85. The van der Waals surface area contributed by atoms with Crippen LogP contribution in [0.1, 0.15) is 41.9 Å². The van der Waals surface area contributed by atoms with Gasteiger partial charge in [-0.25, -0.2) is 4.68 Å². The fourth-order valence-corrected chi connectivity index (χ4v) is 4.16. The number of aromatic nitrogens is 3. The van der Waals surface area contributed by atoms with Crippen LogP contribution in [0.4, 0.5) is 5.95 Å². The molecule has 3 heterocycles. The third-order valence-electron chi connectivity index (χ3n) is 5.38. The molecule has 0 saturated carbocycles. The lowest BCUT2D eigenvalue weighted by Gasteiger charge is -2.34. The van der Waals surface area contributed by atoms with Crippen molar-refractivity contribution in [1.29, 1.82) is 0 Å². The topological polar surface area (TPSA) is 82.2 Å². The quantitative estimate of drug-likeness (QED) is 0.752. The van der Waals surface area contributed by atoms with Crippen LogP contribution in [0.3, 0.4) is 0 Å². The predicted octanol–water partition coefficient (Wildman–Crippen LogP) is 3.60. The lowest BCUT2D eigenvalue weighted by molar-refractivity contribution is -0.117. The minimum Gasteiger partial charge on any atom is -0.497 e. The summed E-state index contributed by atoms with van der Waals surface area (Å²) >= 11 is 0. The van der Waals surface area contributed by atoms with Crippen molar-refractivity contribution in [3.8, 4) is 5.75 Å². The van der Waals surface area contributed by atoms with E-state index in [1.807, 2.05) is 43.3 Å². The molecule has 28 heavy (non-hydrogen) atoms. The maximum atomic E-state index is 13.3. The molecule has 2 aromatic heterocycles. The molecule has 5 rings (SSSR count). The second kappa shape index (κ2) is 6.37. The first kappa shape index (κ1) is 16.8. The highest BCUT2D eigenvalue weighted by Crippen LogP contribution is 2.44. The molecule has 3 aromatic rings. The van der Waals surface area contributed by atoms with Crippen LogP contribution >= 0.6 is 0 Å². The second-order valence-corrected chi connectivity index (χ2v) is 7.17. The smallest absolute Gasteiger partial charge is 0.226 e. The van der Waals surface area contributed by atoms with Gasteiger partial charge >= 0.3 is 0 Å². The number of carbonyl (C=O) groups is 1. The number of furan rings is 1. The largest absolute Gasteiger partial charge is 0.497 e. The van der Waals surface area contributed by atoms with Crippen LogP contribution < -0.4 is 10.1 Å². The minimum atomic E-state index is -0.326. The number of ketones is 1. The third kappa shape index (κ3) is 2.62. The summed E-state index contributed by atoms with van der Waals surface area (Å²) in [5.74, 6) is 3.01. The number of methoxy groups -OCH3 is 1. The van der Waals surface area contributed by atoms with E-state index in [-0.39, 0.29) is 17.7 Å². The van der Waals surface area contributed by atoms with Crippen LogP contribution in [0.25, 0.3) is 0 Å². The average Bonchev–Trinajstić information content (AvgIpc) is 3.35. The molecule has 0 bridgehead atoms. The monoisotopic (exact) mass is 376 g/mol. The van der Waals surface area contributed by atoms with Gasteiger partial charge in [0.25, 0.3) is 0 Å². The molecule has 0 fully saturated rings. The Morgan fingerprint density at radius 2 is 2.14 bits per heavy atom. The van der Waals surface area contributed by atoms with Crippen molar-refractivity contribution in [3.05, 3.63) is 71.1 Å². The highest BCUT2D eigenvalue weighted by Gasteiger charge is 2.40. The first-order chi connectivity index (χ1) is 13.6. The number of hydrogen-bond donors (Lipinski definition) is 1. The van der Waals surface area contributed by atoms with Gasteiger partial charge in [-0.1, -0.05) is 12.1 Å². The number of benzene rings is 1. The number of anilines is 1. The normalized spacial score (nSPS) is 21.1. The van der Waals surface area contributed by atoms with E-state index in [0.717, 1.165) is 28.3 Å². The number of nitrogens with one attached hydrogen (secondary N) is 1. The van der Waals surface area contributed by atoms with E-state index in [4.69, 9.17) is 9.15 Å². The molecule has 0 radical (unpaired) electrons. The Morgan fingerprint density at radius 1 is 1.25 bits per heavy atom. The summed E-state index contributed by atoms with van der Waals surface area (Å²) in [7, 11) is 1.64. The Hall–Kier alpha value is -3.35. The zero-order chi connectivity index (χ0) is 19.3. The molecule has 142 valence electrons. The summed E-state index contributed by atoms with van der Waals surface area (Å²) in [4.78, 5) is 17.8. The fraction of sp³-hybridized carbons (Fsp3) is 0.286. The van der Waals surface area contributed by atoms with Crippen molar-refractivity contribution in [2.75, 3.05) is 12.4 Å². The zero-order valence-corrected chi connectivity index (χ0v) is 15.7. The maximum absolute atomic E-state index is 13.3. The molecular formula is C21H20N4O3. The van der Waals surface area contributed by atoms with Gasteiger partial charge in [-0.2, -0.15) is 10.1 Å². The summed E-state index contributed by atoms with van der Waals surface area (Å²) in [5, 5.41) is 7.90. The number of hydrogen-bond acceptors (Lipinski definition) is 6. The van der Waals surface area contributed by atoms with Crippen molar-refractivity contribution < 1.29 is 13.9 Å². The molecule has 0 amide bonds. The Bertz CT molecular complexity index is 1080. The Balaban J connectivity index is 1.64. The van der Waals surface area contributed by atoms with Gasteiger partial charge in [0.15, 0.2) is 5.78 Å². The van der Waals surface area contributed by atoms with Gasteiger partial charge in [-0.15, -0.1) is 0 Å². The Labute approximate surface area is 162 Å². The number of allylic oxidation sites excluding steroid dienone is 2. The lowest BCUT2D eigenvalue weighted by atomic mass is 9.79. The summed E-state index contributed by atoms with van der Waals surface area (Å²) in [6.07, 6.45) is 2.76. The molecule has 2 aliphatic rings. The lowest BCUT2D eigenvalue weighted by Crippen LogP contribution is -2.33. The maximum Gasteiger partial charge on any atom is 0.226 e. The second-order valence-electron chi connectivity index (χ2n) is 7.17. The molecule has 2 atom stereocenters. The molecule has 1 aliphatic heterocycles. The molecule has 7 nitrogen and oxygen atoms in total. The molecular weight excluding hydrogens is 356 g/mol. The van der Waals surface area contributed by atoms with E-state index in [0.29, 0.717) is 24.6 Å². The number of nitrogens with zero attached hydrogens (tertiary/aromatic N) is 3. The van der Waals surface area contributed by atoms with Gasteiger partial charge in [0.05, 0.1) is 13.4 Å². The van der Waals surface area contributed by atoms with Crippen molar-refractivity contribution in [2.45, 2.75) is 31.7 Å². The van der Waals surface area contributed by atoms with Gasteiger partial charge in [-0.05, 0) is 43.2 Å². The highest BCUT2D eigenvalue weighted by atomic mass is 16.5. The van der Waals surface area contributed by atoms with E-state index in [9.17, 15) is 4.79 Å². The SMILES string of the molecule is COc1cccc(C2C3=C(CC(c4ccco4)CC3=O)Nc3nc(C)nn32)c1. The number of rotatable bonds is 3. The van der Waals surface area contributed by atoms with Crippen molar-refractivity contribution in [2.24, 2.45) is 0 Å². The molecule has 1 aromatic carbocycles. The summed E-state index contributed by atoms with van der Waals surface area (Å²) in [5.41, 5.74) is 2.59. The number of aryl methyl sites for hydroxylation is 1. The Morgan fingerprint density at radius 3 is 2.93 bits per heavy atom. The third-order valence-corrected chi connectivity index (χ3v) is 5.38. The van der Waals surface area contributed by atoms with Crippen LogP contribution in [-0.4, -0.2) is 27.7 Å². The average molecular weight is 376 g/mol. The van der Waals surface area contributed by atoms with Crippen molar-refractivity contribution >= 4 is 11.7 Å².